The summed E-state index contributed by atoms with van der Waals surface area (Å²) in [5.74, 6) is 1.24. The van der Waals surface area contributed by atoms with Crippen molar-refractivity contribution in [2.75, 3.05) is 33.4 Å². The molecule has 9 heteroatoms. The average molecular weight is 541 g/mol. The van der Waals surface area contributed by atoms with Crippen molar-refractivity contribution in [1.82, 2.24) is 10.6 Å². The predicted molar refractivity (Wildman–Crippen MR) is 125 cm³/mol. The fourth-order valence-corrected chi connectivity index (χ4v) is 2.99. The van der Waals surface area contributed by atoms with Crippen LogP contribution in [0.25, 0.3) is 0 Å². The number of nitrogens with one attached hydrogen (secondary N) is 2. The number of aliphatic imine (C=N–C) groups is 1. The van der Waals surface area contributed by atoms with E-state index in [1.165, 1.54) is 18.9 Å². The van der Waals surface area contributed by atoms with Crippen LogP contribution in [0.2, 0.25) is 0 Å². The summed E-state index contributed by atoms with van der Waals surface area (Å²) in [7, 11) is 1.69. The molecule has 1 fully saturated rings. The Morgan fingerprint density at radius 1 is 1.20 bits per heavy atom. The van der Waals surface area contributed by atoms with Crippen LogP contribution in [0.15, 0.2) is 23.2 Å². The van der Waals surface area contributed by atoms with Crippen LogP contribution in [-0.4, -0.2) is 46.0 Å². The van der Waals surface area contributed by atoms with Gasteiger partial charge in [0.25, 0.3) is 0 Å². The minimum atomic E-state index is -2.90. The van der Waals surface area contributed by atoms with Crippen molar-refractivity contribution in [2.24, 2.45) is 10.4 Å². The van der Waals surface area contributed by atoms with Gasteiger partial charge in [-0.2, -0.15) is 8.78 Å². The Morgan fingerprint density at radius 3 is 2.57 bits per heavy atom. The molecule has 0 spiro atoms. The monoisotopic (exact) mass is 541 g/mol. The van der Waals surface area contributed by atoms with Gasteiger partial charge in [0, 0.05) is 45.0 Å². The van der Waals surface area contributed by atoms with E-state index in [9.17, 15) is 8.78 Å². The number of ether oxygens (including phenoxy) is 3. The van der Waals surface area contributed by atoms with Crippen molar-refractivity contribution in [1.29, 1.82) is 0 Å². The fourth-order valence-electron chi connectivity index (χ4n) is 2.99. The molecule has 0 bridgehead atoms. The molecule has 0 radical (unpaired) electrons. The Morgan fingerprint density at radius 2 is 1.97 bits per heavy atom. The molecule has 0 aromatic heterocycles. The maximum Gasteiger partial charge on any atom is 0.387 e. The van der Waals surface area contributed by atoms with E-state index < -0.39 is 6.61 Å². The van der Waals surface area contributed by atoms with Gasteiger partial charge in [-0.25, -0.2) is 0 Å². The van der Waals surface area contributed by atoms with Crippen molar-refractivity contribution < 1.29 is 23.0 Å². The molecular formula is C21H34F2IN3O3. The lowest BCUT2D eigenvalue weighted by Gasteiger charge is -2.19. The zero-order chi connectivity index (χ0) is 21.1. The summed E-state index contributed by atoms with van der Waals surface area (Å²) in [4.78, 5) is 4.23. The van der Waals surface area contributed by atoms with Crippen LogP contribution in [0.1, 0.15) is 45.1 Å². The number of guanidine groups is 1. The molecule has 1 aromatic carbocycles. The molecule has 1 aromatic rings. The van der Waals surface area contributed by atoms with Crippen molar-refractivity contribution >= 4 is 29.9 Å². The van der Waals surface area contributed by atoms with Crippen LogP contribution in [0.4, 0.5) is 8.78 Å². The number of alkyl halides is 2. The highest BCUT2D eigenvalue weighted by molar-refractivity contribution is 14.0. The number of hydrogen-bond acceptors (Lipinski definition) is 4. The van der Waals surface area contributed by atoms with E-state index in [0.717, 1.165) is 32.6 Å². The minimum Gasteiger partial charge on any atom is -0.493 e. The molecule has 0 unspecified atom stereocenters. The number of benzene rings is 1. The van der Waals surface area contributed by atoms with Gasteiger partial charge in [0.05, 0.1) is 6.61 Å². The van der Waals surface area contributed by atoms with Crippen LogP contribution in [0, 0.1) is 5.41 Å². The molecule has 0 aliphatic heterocycles. The normalized spacial score (nSPS) is 14.8. The first-order valence-electron chi connectivity index (χ1n) is 10.2. The third-order valence-corrected chi connectivity index (χ3v) is 4.97. The molecule has 0 amide bonds. The fraction of sp³-hybridized carbons (Fsp3) is 0.667. The highest BCUT2D eigenvalue weighted by Crippen LogP contribution is 2.48. The van der Waals surface area contributed by atoms with Gasteiger partial charge in [-0.3, -0.25) is 4.99 Å². The first-order chi connectivity index (χ1) is 14.0. The zero-order valence-electron chi connectivity index (χ0n) is 18.0. The third-order valence-electron chi connectivity index (χ3n) is 4.97. The smallest absolute Gasteiger partial charge is 0.387 e. The summed E-state index contributed by atoms with van der Waals surface area (Å²) in [6.07, 6.45) is 4.21. The van der Waals surface area contributed by atoms with Gasteiger partial charge in [-0.15, -0.1) is 24.0 Å². The summed E-state index contributed by atoms with van der Waals surface area (Å²) in [6, 6.07) is 4.99. The van der Waals surface area contributed by atoms with Crippen molar-refractivity contribution in [3.05, 3.63) is 23.8 Å². The lowest BCUT2D eigenvalue weighted by molar-refractivity contribution is -0.0505. The summed E-state index contributed by atoms with van der Waals surface area (Å²) in [5.41, 5.74) is 0.879. The SMILES string of the molecule is CCCOc1ccc(CNC(=NC)NCC2(CCOCC)CC2)c(OC(F)F)c1.I. The first kappa shape index (κ1) is 26.7. The second-order valence-electron chi connectivity index (χ2n) is 7.22. The standard InChI is InChI=1S/C21H33F2N3O3.HI/c1-4-11-28-17-7-6-16(18(13-17)29-19(22)23)14-25-20(24-3)26-15-21(8-9-21)10-12-27-5-2;/h6-7,13,19H,4-5,8-12,14-15H2,1-3H3,(H2,24,25,26);1H. The molecule has 6 nitrogen and oxygen atoms in total. The van der Waals surface area contributed by atoms with E-state index in [2.05, 4.69) is 20.4 Å². The molecule has 1 saturated carbocycles. The van der Waals surface area contributed by atoms with E-state index in [-0.39, 0.29) is 35.1 Å². The number of rotatable bonds is 13. The number of hydrogen-bond donors (Lipinski definition) is 2. The van der Waals surface area contributed by atoms with Crippen LogP contribution in [0.3, 0.4) is 0 Å². The summed E-state index contributed by atoms with van der Waals surface area (Å²) < 4.78 is 41.3. The number of nitrogens with zero attached hydrogens (tertiary/aromatic N) is 1. The maximum atomic E-state index is 12.8. The van der Waals surface area contributed by atoms with Crippen LogP contribution < -0.4 is 20.1 Å². The molecule has 2 rings (SSSR count). The average Bonchev–Trinajstić information content (AvgIpc) is 3.47. The predicted octanol–water partition coefficient (Wildman–Crippen LogP) is 4.57. The third kappa shape index (κ3) is 9.20. The zero-order valence-corrected chi connectivity index (χ0v) is 20.3. The summed E-state index contributed by atoms with van der Waals surface area (Å²) in [5, 5.41) is 6.51. The molecular weight excluding hydrogens is 507 g/mol. The van der Waals surface area contributed by atoms with E-state index in [1.54, 1.807) is 19.2 Å². The minimum absolute atomic E-state index is 0. The van der Waals surface area contributed by atoms with Gasteiger partial charge >= 0.3 is 6.61 Å². The molecule has 30 heavy (non-hydrogen) atoms. The molecule has 2 N–H and O–H groups in total. The van der Waals surface area contributed by atoms with Crippen LogP contribution in [-0.2, 0) is 11.3 Å². The lowest BCUT2D eigenvalue weighted by Crippen LogP contribution is -2.40. The van der Waals surface area contributed by atoms with E-state index in [1.807, 2.05) is 13.8 Å². The molecule has 0 saturated heterocycles. The number of halogens is 3. The lowest BCUT2D eigenvalue weighted by atomic mass is 10.0. The Balaban J connectivity index is 0.00000450. The van der Waals surface area contributed by atoms with Gasteiger partial charge < -0.3 is 24.8 Å². The van der Waals surface area contributed by atoms with E-state index >= 15 is 0 Å². The molecule has 0 heterocycles. The van der Waals surface area contributed by atoms with Gasteiger partial charge in [0.2, 0.25) is 0 Å². The van der Waals surface area contributed by atoms with Crippen molar-refractivity contribution in [2.45, 2.75) is 52.7 Å². The summed E-state index contributed by atoms with van der Waals surface area (Å²) in [6.45, 7) is 4.23. The Kier molecular flexibility index (Phi) is 12.3. The molecule has 0 atom stereocenters. The van der Waals surface area contributed by atoms with E-state index in [4.69, 9.17) is 9.47 Å². The second kappa shape index (κ2) is 13.8. The van der Waals surface area contributed by atoms with Crippen molar-refractivity contribution in [3.63, 3.8) is 0 Å². The van der Waals surface area contributed by atoms with Crippen molar-refractivity contribution in [3.8, 4) is 11.5 Å². The van der Waals surface area contributed by atoms with Gasteiger partial charge in [0.1, 0.15) is 11.5 Å². The van der Waals surface area contributed by atoms with Crippen LogP contribution >= 0.6 is 24.0 Å². The highest BCUT2D eigenvalue weighted by Gasteiger charge is 2.41. The van der Waals surface area contributed by atoms with Crippen LogP contribution in [0.5, 0.6) is 11.5 Å². The Hall–Kier alpha value is -1.36. The molecule has 172 valence electrons. The van der Waals surface area contributed by atoms with E-state index in [0.29, 0.717) is 30.4 Å². The topological polar surface area (TPSA) is 64.1 Å². The van der Waals surface area contributed by atoms with Gasteiger partial charge in [-0.1, -0.05) is 6.92 Å². The quantitative estimate of drug-likeness (QED) is 0.166. The first-order valence-corrected chi connectivity index (χ1v) is 10.2. The maximum absolute atomic E-state index is 12.8. The van der Waals surface area contributed by atoms with Gasteiger partial charge in [-0.05, 0) is 50.2 Å². The van der Waals surface area contributed by atoms with Gasteiger partial charge in [0.15, 0.2) is 5.96 Å². The highest BCUT2D eigenvalue weighted by atomic mass is 127. The molecule has 1 aliphatic rings. The second-order valence-corrected chi connectivity index (χ2v) is 7.22. The summed E-state index contributed by atoms with van der Waals surface area (Å²) >= 11 is 0. The Labute approximate surface area is 195 Å². The molecule has 1 aliphatic carbocycles. The largest absolute Gasteiger partial charge is 0.493 e. The Bertz CT molecular complexity index is 658.